The lowest BCUT2D eigenvalue weighted by molar-refractivity contribution is -0.132. The quantitative estimate of drug-likeness (QED) is 0.147. The maximum Gasteiger partial charge on any atom is 0.334 e. The topological polar surface area (TPSA) is 115 Å². The minimum absolute atomic E-state index is 0.0481. The maximum atomic E-state index is 12.3. The predicted molar refractivity (Wildman–Crippen MR) is 113 cm³/mol. The molecule has 166 valence electrons. The van der Waals surface area contributed by atoms with Crippen molar-refractivity contribution in [2.24, 2.45) is 11.8 Å². The Kier molecular flexibility index (Phi) is 10.6. The normalized spacial score (nSPS) is 24.8. The molecule has 0 aliphatic heterocycles. The first-order valence-electron chi connectivity index (χ1n) is 10.8. The van der Waals surface area contributed by atoms with Crippen molar-refractivity contribution in [2.75, 3.05) is 0 Å². The number of hydrogen-bond acceptors (Lipinski definition) is 5. The molecule has 0 amide bonds. The number of aliphatic carboxylic acids is 1. The summed E-state index contributed by atoms with van der Waals surface area (Å²) >= 11 is 0. The fourth-order valence-corrected chi connectivity index (χ4v) is 4.21. The van der Waals surface area contributed by atoms with Gasteiger partial charge in [0.25, 0.3) is 0 Å². The molecule has 29 heavy (non-hydrogen) atoms. The Morgan fingerprint density at radius 1 is 1.17 bits per heavy atom. The van der Waals surface area contributed by atoms with Crippen molar-refractivity contribution in [1.29, 1.82) is 0 Å². The van der Waals surface area contributed by atoms with E-state index in [0.717, 1.165) is 19.3 Å². The standard InChI is InChI=1S/C23H38O6/c1-4-6-13-23(29,5-2)14-9-11-18-17(20(25)15-21(18)26)10-7-8-12-19(24)16(3)22(27)28/h5,17-18,21,24,26,29H,2,4,6-15H2,1,3H3,(H,27,28)/t17-,18-,21-,23?/m1/s1. The van der Waals surface area contributed by atoms with Crippen LogP contribution in [0.5, 0.6) is 0 Å². The van der Waals surface area contributed by atoms with E-state index in [1.807, 2.05) is 0 Å². The number of carboxylic acid groups (broad SMARTS) is 1. The second-order valence-electron chi connectivity index (χ2n) is 8.43. The Labute approximate surface area is 174 Å². The van der Waals surface area contributed by atoms with Crippen LogP contribution in [0.2, 0.25) is 0 Å². The van der Waals surface area contributed by atoms with Gasteiger partial charge in [0.05, 0.1) is 17.3 Å². The van der Waals surface area contributed by atoms with Gasteiger partial charge in [-0.1, -0.05) is 32.3 Å². The number of ketones is 1. The number of hydrogen-bond donors (Lipinski definition) is 4. The molecule has 0 spiro atoms. The third kappa shape index (κ3) is 7.94. The van der Waals surface area contributed by atoms with E-state index in [2.05, 4.69) is 13.5 Å². The van der Waals surface area contributed by atoms with Gasteiger partial charge in [-0.15, -0.1) is 6.58 Å². The second kappa shape index (κ2) is 12.1. The summed E-state index contributed by atoms with van der Waals surface area (Å²) in [6.45, 7) is 7.20. The molecular formula is C23H38O6. The van der Waals surface area contributed by atoms with Crippen LogP contribution in [0.4, 0.5) is 0 Å². The molecule has 0 bridgehead atoms. The number of carboxylic acids is 1. The molecule has 0 aromatic heterocycles. The molecule has 1 saturated carbocycles. The van der Waals surface area contributed by atoms with Gasteiger partial charge in [0.15, 0.2) is 0 Å². The van der Waals surface area contributed by atoms with Crippen molar-refractivity contribution in [3.05, 3.63) is 24.0 Å². The van der Waals surface area contributed by atoms with E-state index in [-0.39, 0.29) is 41.8 Å². The summed E-state index contributed by atoms with van der Waals surface area (Å²) in [5, 5.41) is 39.6. The van der Waals surface area contributed by atoms with Gasteiger partial charge in [-0.25, -0.2) is 4.79 Å². The lowest BCUT2D eigenvalue weighted by Gasteiger charge is -2.26. The average molecular weight is 411 g/mol. The molecule has 4 N–H and O–H groups in total. The summed E-state index contributed by atoms with van der Waals surface area (Å²) in [7, 11) is 0. The Morgan fingerprint density at radius 2 is 1.83 bits per heavy atom. The number of aliphatic hydroxyl groups is 3. The average Bonchev–Trinajstić information content (AvgIpc) is 2.95. The van der Waals surface area contributed by atoms with Crippen molar-refractivity contribution < 1.29 is 30.0 Å². The number of carbonyl (C=O) groups excluding carboxylic acids is 1. The van der Waals surface area contributed by atoms with E-state index in [1.165, 1.54) is 6.92 Å². The van der Waals surface area contributed by atoms with Crippen LogP contribution in [0, 0.1) is 11.8 Å². The van der Waals surface area contributed by atoms with Gasteiger partial charge in [-0.05, 0) is 51.4 Å². The smallest absolute Gasteiger partial charge is 0.334 e. The Hall–Kier alpha value is -1.66. The number of allylic oxidation sites excluding steroid dienone is 1. The highest BCUT2D eigenvalue weighted by atomic mass is 16.4. The fourth-order valence-electron chi connectivity index (χ4n) is 4.21. The summed E-state index contributed by atoms with van der Waals surface area (Å²) in [4.78, 5) is 23.2. The van der Waals surface area contributed by atoms with Crippen LogP contribution in [-0.4, -0.2) is 43.9 Å². The van der Waals surface area contributed by atoms with Crippen molar-refractivity contribution in [3.8, 4) is 0 Å². The Bertz CT molecular complexity index is 596. The lowest BCUT2D eigenvalue weighted by Crippen LogP contribution is -2.27. The summed E-state index contributed by atoms with van der Waals surface area (Å²) in [5.74, 6) is -1.48. The van der Waals surface area contributed by atoms with Crippen LogP contribution in [0.3, 0.4) is 0 Å². The second-order valence-corrected chi connectivity index (χ2v) is 8.43. The van der Waals surface area contributed by atoms with Gasteiger partial charge in [0.2, 0.25) is 0 Å². The zero-order chi connectivity index (χ0) is 22.0. The zero-order valence-electron chi connectivity index (χ0n) is 17.9. The minimum atomic E-state index is -1.13. The van der Waals surface area contributed by atoms with Crippen LogP contribution in [0.15, 0.2) is 24.0 Å². The van der Waals surface area contributed by atoms with Gasteiger partial charge in [0, 0.05) is 18.8 Å². The molecule has 1 rings (SSSR count). The van der Waals surface area contributed by atoms with E-state index in [4.69, 9.17) is 5.11 Å². The van der Waals surface area contributed by atoms with E-state index >= 15 is 0 Å². The SMILES string of the molecule is C=CC(O)(CCCC)CCC[C@H]1[C@H](O)CC(=O)[C@@H]1CCCCC(O)=C(C)C(=O)O. The number of rotatable bonds is 14. The Morgan fingerprint density at radius 3 is 2.41 bits per heavy atom. The summed E-state index contributed by atoms with van der Waals surface area (Å²) in [6, 6.07) is 0. The van der Waals surface area contributed by atoms with Crippen molar-refractivity contribution in [3.63, 3.8) is 0 Å². The van der Waals surface area contributed by atoms with Gasteiger partial charge in [0.1, 0.15) is 11.5 Å². The molecule has 6 nitrogen and oxygen atoms in total. The summed E-state index contributed by atoms with van der Waals surface area (Å²) < 4.78 is 0. The van der Waals surface area contributed by atoms with Crippen molar-refractivity contribution in [1.82, 2.24) is 0 Å². The van der Waals surface area contributed by atoms with Crippen LogP contribution < -0.4 is 0 Å². The molecule has 0 radical (unpaired) electrons. The highest BCUT2D eigenvalue weighted by molar-refractivity contribution is 5.86. The molecule has 1 aliphatic rings. The van der Waals surface area contributed by atoms with Crippen molar-refractivity contribution >= 4 is 11.8 Å². The molecule has 0 aromatic carbocycles. The zero-order valence-corrected chi connectivity index (χ0v) is 17.9. The van der Waals surface area contributed by atoms with Gasteiger partial charge in [-0.3, -0.25) is 4.79 Å². The number of unbranched alkanes of at least 4 members (excludes halogenated alkanes) is 2. The van der Waals surface area contributed by atoms with Crippen molar-refractivity contribution in [2.45, 2.75) is 96.2 Å². The van der Waals surface area contributed by atoms with Crippen LogP contribution in [0.25, 0.3) is 0 Å². The highest BCUT2D eigenvalue weighted by Gasteiger charge is 2.40. The van der Waals surface area contributed by atoms with E-state index in [0.29, 0.717) is 38.5 Å². The van der Waals surface area contributed by atoms with Crippen LogP contribution >= 0.6 is 0 Å². The van der Waals surface area contributed by atoms with Gasteiger partial charge < -0.3 is 20.4 Å². The van der Waals surface area contributed by atoms with Gasteiger partial charge in [-0.2, -0.15) is 0 Å². The molecule has 1 aliphatic carbocycles. The summed E-state index contributed by atoms with van der Waals surface area (Å²) in [6.07, 6.45) is 7.92. The molecule has 6 heteroatoms. The maximum absolute atomic E-state index is 12.3. The van der Waals surface area contributed by atoms with Gasteiger partial charge >= 0.3 is 5.97 Å². The molecule has 0 saturated heterocycles. The molecule has 4 atom stereocenters. The third-order valence-electron chi connectivity index (χ3n) is 6.26. The first-order chi connectivity index (χ1) is 13.6. The molecule has 1 fully saturated rings. The number of Topliss-reactive ketones (excluding diaryl/α,β-unsaturated/α-hetero) is 1. The Balaban J connectivity index is 2.53. The minimum Gasteiger partial charge on any atom is -0.512 e. The predicted octanol–water partition coefficient (Wildman–Crippen LogP) is 4.31. The fraction of sp³-hybridized carbons (Fsp3) is 0.739. The first-order valence-corrected chi connectivity index (χ1v) is 10.8. The lowest BCUT2D eigenvalue weighted by atomic mass is 9.83. The van der Waals surface area contributed by atoms with Crippen LogP contribution in [-0.2, 0) is 9.59 Å². The third-order valence-corrected chi connectivity index (χ3v) is 6.26. The monoisotopic (exact) mass is 410 g/mol. The van der Waals surface area contributed by atoms with Crippen LogP contribution in [0.1, 0.15) is 84.5 Å². The molecule has 0 aromatic rings. The largest absolute Gasteiger partial charge is 0.512 e. The molecular weight excluding hydrogens is 372 g/mol. The number of aliphatic hydroxyl groups excluding tert-OH is 2. The number of carbonyl (C=O) groups is 2. The molecule has 0 heterocycles. The van der Waals surface area contributed by atoms with E-state index in [1.54, 1.807) is 6.08 Å². The highest BCUT2D eigenvalue weighted by Crippen LogP contribution is 2.37. The molecule has 1 unspecified atom stereocenters. The van der Waals surface area contributed by atoms with E-state index in [9.17, 15) is 24.9 Å². The first kappa shape index (κ1) is 25.4. The summed E-state index contributed by atoms with van der Waals surface area (Å²) in [5.41, 5.74) is -0.932. The van der Waals surface area contributed by atoms with E-state index < -0.39 is 17.7 Å².